The molecule has 0 aliphatic carbocycles. The average Bonchev–Trinajstić information content (AvgIpc) is 2.61. The smallest absolute Gasteiger partial charge is 0.230 e. The predicted octanol–water partition coefficient (Wildman–Crippen LogP) is 4.35. The van der Waals surface area contributed by atoms with Gasteiger partial charge in [0.15, 0.2) is 0 Å². The van der Waals surface area contributed by atoms with E-state index < -0.39 is 0 Å². The van der Waals surface area contributed by atoms with Gasteiger partial charge in [-0.2, -0.15) is 0 Å². The third kappa shape index (κ3) is 4.73. The summed E-state index contributed by atoms with van der Waals surface area (Å²) in [4.78, 5) is 12.4. The molecule has 1 N–H and O–H groups in total. The Kier molecular flexibility index (Phi) is 5.77. The van der Waals surface area contributed by atoms with Crippen LogP contribution in [0.1, 0.15) is 37.4 Å². The number of fused-ring (bicyclic) bond motifs is 1. The molecule has 1 amide bonds. The van der Waals surface area contributed by atoms with Crippen molar-refractivity contribution in [3.63, 3.8) is 0 Å². The summed E-state index contributed by atoms with van der Waals surface area (Å²) in [6.07, 6.45) is 0.738. The van der Waals surface area contributed by atoms with Crippen LogP contribution in [-0.2, 0) is 10.5 Å². The van der Waals surface area contributed by atoms with Gasteiger partial charge in [0.1, 0.15) is 17.1 Å². The number of nitrogens with one attached hydrogen (secondary N) is 1. The van der Waals surface area contributed by atoms with Crippen LogP contribution in [0.2, 0.25) is 0 Å². The topological polar surface area (TPSA) is 47.6 Å². The molecule has 2 aromatic carbocycles. The molecule has 2 aromatic rings. The SMILES string of the molecule is COc1ccc2c(c1)OC(C)(C)CC2NC(=O)CSCc1ccccc1. The van der Waals surface area contributed by atoms with Gasteiger partial charge in [-0.05, 0) is 31.5 Å². The van der Waals surface area contributed by atoms with Crippen molar-refractivity contribution in [1.82, 2.24) is 5.32 Å². The standard InChI is InChI=1S/C21H25NO3S/c1-21(2)12-18(17-10-9-16(24-3)11-19(17)25-21)22-20(23)14-26-13-15-7-5-4-6-8-15/h4-11,18H,12-14H2,1-3H3,(H,22,23). The maximum absolute atomic E-state index is 12.4. The maximum Gasteiger partial charge on any atom is 0.230 e. The van der Waals surface area contributed by atoms with Gasteiger partial charge in [-0.25, -0.2) is 0 Å². The molecule has 1 atom stereocenters. The molecule has 26 heavy (non-hydrogen) atoms. The molecule has 0 bridgehead atoms. The zero-order valence-corrected chi connectivity index (χ0v) is 16.3. The van der Waals surface area contributed by atoms with Gasteiger partial charge in [-0.15, -0.1) is 11.8 Å². The highest BCUT2D eigenvalue weighted by atomic mass is 32.2. The van der Waals surface area contributed by atoms with Crippen LogP contribution in [-0.4, -0.2) is 24.4 Å². The van der Waals surface area contributed by atoms with Gasteiger partial charge < -0.3 is 14.8 Å². The number of hydrogen-bond donors (Lipinski definition) is 1. The number of rotatable bonds is 6. The molecular formula is C21H25NO3S. The normalized spacial score (nSPS) is 17.7. The highest BCUT2D eigenvalue weighted by Crippen LogP contribution is 2.41. The van der Waals surface area contributed by atoms with Crippen molar-refractivity contribution >= 4 is 17.7 Å². The van der Waals surface area contributed by atoms with Gasteiger partial charge in [-0.3, -0.25) is 4.79 Å². The first kappa shape index (κ1) is 18.6. The van der Waals surface area contributed by atoms with E-state index in [9.17, 15) is 4.79 Å². The Morgan fingerprint density at radius 3 is 2.77 bits per heavy atom. The van der Waals surface area contributed by atoms with E-state index in [1.54, 1.807) is 18.9 Å². The van der Waals surface area contributed by atoms with Crippen LogP contribution >= 0.6 is 11.8 Å². The van der Waals surface area contributed by atoms with E-state index in [4.69, 9.17) is 9.47 Å². The van der Waals surface area contributed by atoms with E-state index in [0.29, 0.717) is 5.75 Å². The lowest BCUT2D eigenvalue weighted by Crippen LogP contribution is -2.41. The molecule has 1 aliphatic heterocycles. The minimum atomic E-state index is -0.339. The molecule has 0 spiro atoms. The lowest BCUT2D eigenvalue weighted by Gasteiger charge is -2.38. The Morgan fingerprint density at radius 1 is 1.27 bits per heavy atom. The number of amides is 1. The number of thioether (sulfide) groups is 1. The summed E-state index contributed by atoms with van der Waals surface area (Å²) in [6, 6.07) is 15.9. The van der Waals surface area contributed by atoms with Crippen LogP contribution in [0.5, 0.6) is 11.5 Å². The molecule has 5 heteroatoms. The molecule has 0 saturated carbocycles. The summed E-state index contributed by atoms with van der Waals surface area (Å²) in [5.74, 6) is 2.86. The Hall–Kier alpha value is -2.14. The van der Waals surface area contributed by atoms with Crippen LogP contribution in [0.3, 0.4) is 0 Å². The van der Waals surface area contributed by atoms with E-state index in [1.165, 1.54) is 5.56 Å². The summed E-state index contributed by atoms with van der Waals surface area (Å²) in [6.45, 7) is 4.08. The van der Waals surface area contributed by atoms with Crippen molar-refractivity contribution in [3.05, 3.63) is 59.7 Å². The monoisotopic (exact) mass is 371 g/mol. The molecule has 138 valence electrons. The van der Waals surface area contributed by atoms with Gasteiger partial charge in [0, 0.05) is 23.8 Å². The van der Waals surface area contributed by atoms with Crippen molar-refractivity contribution in [3.8, 4) is 11.5 Å². The van der Waals surface area contributed by atoms with E-state index in [2.05, 4.69) is 17.4 Å². The van der Waals surface area contributed by atoms with Gasteiger partial charge >= 0.3 is 0 Å². The molecule has 3 rings (SSSR count). The minimum absolute atomic E-state index is 0.0513. The quantitative estimate of drug-likeness (QED) is 0.820. The highest BCUT2D eigenvalue weighted by Gasteiger charge is 2.34. The molecule has 0 saturated heterocycles. The minimum Gasteiger partial charge on any atom is -0.497 e. The first-order valence-corrected chi connectivity index (χ1v) is 9.90. The number of carbonyl (C=O) groups excluding carboxylic acids is 1. The van der Waals surface area contributed by atoms with Crippen LogP contribution in [0.15, 0.2) is 48.5 Å². The van der Waals surface area contributed by atoms with E-state index in [-0.39, 0.29) is 17.6 Å². The summed E-state index contributed by atoms with van der Waals surface area (Å²) < 4.78 is 11.4. The molecule has 4 nitrogen and oxygen atoms in total. The summed E-state index contributed by atoms with van der Waals surface area (Å²) in [7, 11) is 1.64. The molecule has 1 aliphatic rings. The highest BCUT2D eigenvalue weighted by molar-refractivity contribution is 7.99. The first-order chi connectivity index (χ1) is 12.5. The lowest BCUT2D eigenvalue weighted by atomic mass is 9.89. The second kappa shape index (κ2) is 8.04. The lowest BCUT2D eigenvalue weighted by molar-refractivity contribution is -0.119. The van der Waals surface area contributed by atoms with E-state index in [0.717, 1.165) is 29.2 Å². The predicted molar refractivity (Wildman–Crippen MR) is 106 cm³/mol. The van der Waals surface area contributed by atoms with Crippen LogP contribution < -0.4 is 14.8 Å². The summed E-state index contributed by atoms with van der Waals surface area (Å²) >= 11 is 1.63. The second-order valence-corrected chi connectivity index (χ2v) is 8.05. The molecule has 1 heterocycles. The van der Waals surface area contributed by atoms with Crippen molar-refractivity contribution in [2.75, 3.05) is 12.9 Å². The van der Waals surface area contributed by atoms with Gasteiger partial charge in [0.05, 0.1) is 18.9 Å². The fourth-order valence-corrected chi connectivity index (χ4v) is 3.96. The number of benzene rings is 2. The van der Waals surface area contributed by atoms with Crippen LogP contribution in [0, 0.1) is 0 Å². The second-order valence-electron chi connectivity index (χ2n) is 7.07. The molecule has 0 fully saturated rings. The van der Waals surface area contributed by atoms with Gasteiger partial charge in [-0.1, -0.05) is 30.3 Å². The third-order valence-electron chi connectivity index (χ3n) is 4.36. The van der Waals surface area contributed by atoms with E-state index in [1.807, 2.05) is 50.2 Å². The number of carbonyl (C=O) groups is 1. The Morgan fingerprint density at radius 2 is 2.04 bits per heavy atom. The van der Waals surface area contributed by atoms with Crippen molar-refractivity contribution < 1.29 is 14.3 Å². The Bertz CT molecular complexity index is 761. The van der Waals surface area contributed by atoms with Crippen molar-refractivity contribution in [2.24, 2.45) is 0 Å². The maximum atomic E-state index is 12.4. The number of ether oxygens (including phenoxy) is 2. The Labute approximate surface area is 159 Å². The van der Waals surface area contributed by atoms with E-state index >= 15 is 0 Å². The molecule has 0 radical (unpaired) electrons. The van der Waals surface area contributed by atoms with Gasteiger partial charge in [0.2, 0.25) is 5.91 Å². The van der Waals surface area contributed by atoms with Crippen molar-refractivity contribution in [2.45, 2.75) is 37.7 Å². The summed E-state index contributed by atoms with van der Waals surface area (Å²) in [5, 5.41) is 3.17. The molecule has 0 aromatic heterocycles. The average molecular weight is 372 g/mol. The zero-order valence-electron chi connectivity index (χ0n) is 15.5. The zero-order chi connectivity index (χ0) is 18.6. The summed E-state index contributed by atoms with van der Waals surface area (Å²) in [5.41, 5.74) is 1.90. The largest absolute Gasteiger partial charge is 0.497 e. The first-order valence-electron chi connectivity index (χ1n) is 8.75. The van der Waals surface area contributed by atoms with Crippen molar-refractivity contribution in [1.29, 1.82) is 0 Å². The Balaban J connectivity index is 1.62. The molecular weight excluding hydrogens is 346 g/mol. The van der Waals surface area contributed by atoms with Crippen LogP contribution in [0.4, 0.5) is 0 Å². The van der Waals surface area contributed by atoms with Gasteiger partial charge in [0.25, 0.3) is 0 Å². The third-order valence-corrected chi connectivity index (χ3v) is 5.36. The molecule has 1 unspecified atom stereocenters. The fraction of sp³-hybridized carbons (Fsp3) is 0.381. The van der Waals surface area contributed by atoms with Crippen LogP contribution in [0.25, 0.3) is 0 Å². The fourth-order valence-electron chi connectivity index (χ4n) is 3.16. The number of hydrogen-bond acceptors (Lipinski definition) is 4. The number of methoxy groups -OCH3 is 1.